The Morgan fingerprint density at radius 3 is 2.56 bits per heavy atom. The van der Waals surface area contributed by atoms with Gasteiger partial charge in [0.25, 0.3) is 0 Å². The number of benzene rings is 1. The van der Waals surface area contributed by atoms with E-state index in [1.807, 2.05) is 12.1 Å². The van der Waals surface area contributed by atoms with Crippen LogP contribution in [0.2, 0.25) is 0 Å². The van der Waals surface area contributed by atoms with Crippen molar-refractivity contribution >= 4 is 15.9 Å². The molecular formula is C15H24BrNO. The Bertz CT molecular complexity index is 373. The fourth-order valence-corrected chi connectivity index (χ4v) is 2.40. The first-order valence-corrected chi connectivity index (χ1v) is 7.24. The molecule has 0 aliphatic carbocycles. The minimum Gasteiger partial charge on any atom is -0.392 e. The molecular weight excluding hydrogens is 290 g/mol. The molecule has 0 radical (unpaired) electrons. The van der Waals surface area contributed by atoms with E-state index in [0.717, 1.165) is 10.9 Å². The Morgan fingerprint density at radius 1 is 1.33 bits per heavy atom. The summed E-state index contributed by atoms with van der Waals surface area (Å²) in [5, 5.41) is 13.3. The molecule has 0 aromatic heterocycles. The Balaban J connectivity index is 2.44. The largest absolute Gasteiger partial charge is 0.392 e. The molecule has 0 aliphatic rings. The lowest BCUT2D eigenvalue weighted by molar-refractivity contribution is 0.117. The number of rotatable bonds is 5. The normalized spacial score (nSPS) is 15.4. The van der Waals surface area contributed by atoms with Crippen molar-refractivity contribution in [2.75, 3.05) is 6.54 Å². The number of aliphatic hydroxyl groups is 1. The lowest BCUT2D eigenvalue weighted by atomic mass is 9.89. The van der Waals surface area contributed by atoms with E-state index in [1.54, 1.807) is 0 Å². The third kappa shape index (κ3) is 5.98. The van der Waals surface area contributed by atoms with Crippen LogP contribution >= 0.6 is 15.9 Å². The summed E-state index contributed by atoms with van der Waals surface area (Å²) in [5.74, 6) is 0. The van der Waals surface area contributed by atoms with Gasteiger partial charge in [-0.05, 0) is 36.5 Å². The maximum absolute atomic E-state index is 9.96. The molecule has 2 nitrogen and oxygen atoms in total. The van der Waals surface area contributed by atoms with E-state index < -0.39 is 0 Å². The van der Waals surface area contributed by atoms with Crippen LogP contribution in [0.1, 0.15) is 45.7 Å². The second kappa shape index (κ2) is 6.69. The molecule has 1 aromatic carbocycles. The highest BCUT2D eigenvalue weighted by Crippen LogP contribution is 2.21. The van der Waals surface area contributed by atoms with Crippen LogP contribution in [-0.4, -0.2) is 17.8 Å². The topological polar surface area (TPSA) is 32.3 Å². The minimum atomic E-state index is -0.292. The summed E-state index contributed by atoms with van der Waals surface area (Å²) in [7, 11) is 0. The van der Waals surface area contributed by atoms with Crippen LogP contribution in [0.25, 0.3) is 0 Å². The van der Waals surface area contributed by atoms with Gasteiger partial charge in [0.1, 0.15) is 0 Å². The van der Waals surface area contributed by atoms with E-state index >= 15 is 0 Å². The molecule has 102 valence electrons. The maximum atomic E-state index is 9.96. The van der Waals surface area contributed by atoms with E-state index in [2.05, 4.69) is 61.1 Å². The summed E-state index contributed by atoms with van der Waals surface area (Å²) in [6.07, 6.45) is 0.519. The monoisotopic (exact) mass is 313 g/mol. The first-order chi connectivity index (χ1) is 8.28. The van der Waals surface area contributed by atoms with Gasteiger partial charge in [0, 0.05) is 17.1 Å². The molecule has 0 aliphatic heterocycles. The predicted molar refractivity (Wildman–Crippen MR) is 80.6 cm³/mol. The molecule has 0 amide bonds. The van der Waals surface area contributed by atoms with Gasteiger partial charge in [0.05, 0.1) is 6.10 Å². The van der Waals surface area contributed by atoms with Gasteiger partial charge in [-0.15, -0.1) is 0 Å². The van der Waals surface area contributed by atoms with Crippen molar-refractivity contribution in [2.24, 2.45) is 5.41 Å². The molecule has 0 spiro atoms. The van der Waals surface area contributed by atoms with Crippen molar-refractivity contribution < 1.29 is 5.11 Å². The predicted octanol–water partition coefficient (Wildman–Crippen LogP) is 3.90. The van der Waals surface area contributed by atoms with E-state index in [0.29, 0.717) is 6.54 Å². The molecule has 0 heterocycles. The van der Waals surface area contributed by atoms with Gasteiger partial charge in [-0.1, -0.05) is 48.8 Å². The lowest BCUT2D eigenvalue weighted by Crippen LogP contribution is -2.31. The van der Waals surface area contributed by atoms with Crippen molar-refractivity contribution in [1.29, 1.82) is 0 Å². The Morgan fingerprint density at radius 2 is 2.00 bits per heavy atom. The van der Waals surface area contributed by atoms with Crippen molar-refractivity contribution in [3.8, 4) is 0 Å². The Hall–Kier alpha value is -0.380. The molecule has 0 saturated carbocycles. The number of halogens is 1. The van der Waals surface area contributed by atoms with Crippen molar-refractivity contribution in [3.05, 3.63) is 34.3 Å². The van der Waals surface area contributed by atoms with Gasteiger partial charge in [-0.25, -0.2) is 0 Å². The highest BCUT2D eigenvalue weighted by atomic mass is 79.9. The highest BCUT2D eigenvalue weighted by Gasteiger charge is 2.17. The lowest BCUT2D eigenvalue weighted by Gasteiger charge is -2.24. The molecule has 2 unspecified atom stereocenters. The number of nitrogens with one attached hydrogen (secondary N) is 1. The van der Waals surface area contributed by atoms with Crippen LogP contribution in [0, 0.1) is 5.41 Å². The quantitative estimate of drug-likeness (QED) is 0.864. The first-order valence-electron chi connectivity index (χ1n) is 6.45. The average Bonchev–Trinajstić information content (AvgIpc) is 2.23. The summed E-state index contributed by atoms with van der Waals surface area (Å²) < 4.78 is 1.09. The van der Waals surface area contributed by atoms with E-state index in [1.165, 1.54) is 5.56 Å². The zero-order valence-corrected chi connectivity index (χ0v) is 13.3. The summed E-state index contributed by atoms with van der Waals surface area (Å²) >= 11 is 3.47. The van der Waals surface area contributed by atoms with Crippen LogP contribution in [0.3, 0.4) is 0 Å². The van der Waals surface area contributed by atoms with Gasteiger partial charge in [0.2, 0.25) is 0 Å². The molecule has 2 atom stereocenters. The van der Waals surface area contributed by atoms with Crippen molar-refractivity contribution in [3.63, 3.8) is 0 Å². The fraction of sp³-hybridized carbons (Fsp3) is 0.600. The van der Waals surface area contributed by atoms with Crippen LogP contribution in [0.4, 0.5) is 0 Å². The minimum absolute atomic E-state index is 0.167. The Kier molecular flexibility index (Phi) is 5.83. The van der Waals surface area contributed by atoms with Crippen LogP contribution in [-0.2, 0) is 0 Å². The average molecular weight is 314 g/mol. The van der Waals surface area contributed by atoms with Gasteiger partial charge >= 0.3 is 0 Å². The van der Waals surface area contributed by atoms with Crippen molar-refractivity contribution in [1.82, 2.24) is 5.32 Å². The third-order valence-corrected chi connectivity index (χ3v) is 3.35. The summed E-state index contributed by atoms with van der Waals surface area (Å²) in [6, 6.07) is 8.50. The second-order valence-corrected chi connectivity index (χ2v) is 7.02. The molecule has 0 fully saturated rings. The van der Waals surface area contributed by atoms with E-state index in [4.69, 9.17) is 0 Å². The SMILES string of the molecule is CC(NCC(O)CC(C)(C)C)c1cccc(Br)c1. The molecule has 3 heteroatoms. The van der Waals surface area contributed by atoms with Crippen LogP contribution in [0.15, 0.2) is 28.7 Å². The summed E-state index contributed by atoms with van der Waals surface area (Å²) in [5.41, 5.74) is 1.40. The van der Waals surface area contributed by atoms with Gasteiger partial charge in [0.15, 0.2) is 0 Å². The maximum Gasteiger partial charge on any atom is 0.0669 e. The zero-order valence-electron chi connectivity index (χ0n) is 11.7. The summed E-state index contributed by atoms with van der Waals surface area (Å²) in [6.45, 7) is 9.19. The van der Waals surface area contributed by atoms with Gasteiger partial charge in [-0.2, -0.15) is 0 Å². The standard InChI is InChI=1S/C15H24BrNO/c1-11(12-6-5-7-13(16)8-12)17-10-14(18)9-15(2,3)4/h5-8,11,14,17-18H,9-10H2,1-4H3. The third-order valence-electron chi connectivity index (χ3n) is 2.86. The molecule has 2 N–H and O–H groups in total. The molecule has 18 heavy (non-hydrogen) atoms. The molecule has 1 rings (SSSR count). The first kappa shape index (κ1) is 15.7. The number of aliphatic hydroxyl groups excluding tert-OH is 1. The highest BCUT2D eigenvalue weighted by molar-refractivity contribution is 9.10. The summed E-state index contributed by atoms with van der Waals surface area (Å²) in [4.78, 5) is 0. The zero-order chi connectivity index (χ0) is 13.8. The molecule has 1 aromatic rings. The number of hydrogen-bond acceptors (Lipinski definition) is 2. The Labute approximate surface area is 119 Å². The van der Waals surface area contributed by atoms with E-state index in [9.17, 15) is 5.11 Å². The van der Waals surface area contributed by atoms with E-state index in [-0.39, 0.29) is 17.6 Å². The second-order valence-electron chi connectivity index (χ2n) is 6.10. The number of hydrogen-bond donors (Lipinski definition) is 2. The molecule has 0 saturated heterocycles. The van der Waals surface area contributed by atoms with Gasteiger partial charge in [-0.3, -0.25) is 0 Å². The van der Waals surface area contributed by atoms with Crippen molar-refractivity contribution in [2.45, 2.75) is 46.3 Å². The smallest absolute Gasteiger partial charge is 0.0669 e. The fourth-order valence-electron chi connectivity index (χ4n) is 1.99. The van der Waals surface area contributed by atoms with Gasteiger partial charge < -0.3 is 10.4 Å². The van der Waals surface area contributed by atoms with Crippen LogP contribution in [0.5, 0.6) is 0 Å². The van der Waals surface area contributed by atoms with Crippen LogP contribution < -0.4 is 5.32 Å². The molecule has 0 bridgehead atoms.